The first kappa shape index (κ1) is 14.4. The Labute approximate surface area is 129 Å². The summed E-state index contributed by atoms with van der Waals surface area (Å²) in [5, 5.41) is 22.3. The standard InChI is InChI=1S/C14H22N6S/c1-14(2,3)12-18-19-13(21-12)15-9-11-17-16-10-7-5-4-6-8-20(10)11/h4-9H2,1-3H3,(H,15,19). The largest absolute Gasteiger partial charge is 0.353 e. The number of hydrogen-bond donors (Lipinski definition) is 1. The fourth-order valence-electron chi connectivity index (χ4n) is 2.43. The van der Waals surface area contributed by atoms with E-state index in [0.29, 0.717) is 6.54 Å². The van der Waals surface area contributed by atoms with E-state index < -0.39 is 0 Å². The van der Waals surface area contributed by atoms with Crippen LogP contribution in [0.25, 0.3) is 0 Å². The summed E-state index contributed by atoms with van der Waals surface area (Å²) < 4.78 is 2.26. The first-order chi connectivity index (χ1) is 10.0. The second kappa shape index (κ2) is 5.71. The molecule has 1 N–H and O–H groups in total. The van der Waals surface area contributed by atoms with Gasteiger partial charge in [-0.2, -0.15) is 0 Å². The van der Waals surface area contributed by atoms with Crippen LogP contribution < -0.4 is 5.32 Å². The Morgan fingerprint density at radius 1 is 1.10 bits per heavy atom. The monoisotopic (exact) mass is 306 g/mol. The molecular formula is C14H22N6S. The molecule has 21 heavy (non-hydrogen) atoms. The average Bonchev–Trinajstić information content (AvgIpc) is 2.98. The van der Waals surface area contributed by atoms with Gasteiger partial charge < -0.3 is 9.88 Å². The first-order valence-electron chi connectivity index (χ1n) is 7.53. The summed E-state index contributed by atoms with van der Waals surface area (Å²) in [6.45, 7) is 8.13. The zero-order valence-electron chi connectivity index (χ0n) is 12.9. The summed E-state index contributed by atoms with van der Waals surface area (Å²) in [4.78, 5) is 0. The molecule has 0 saturated heterocycles. The second-order valence-electron chi connectivity index (χ2n) is 6.51. The predicted octanol–water partition coefficient (Wildman–Crippen LogP) is 2.77. The molecule has 0 aromatic carbocycles. The number of aromatic nitrogens is 5. The Morgan fingerprint density at radius 3 is 2.71 bits per heavy atom. The average molecular weight is 306 g/mol. The zero-order valence-corrected chi connectivity index (χ0v) is 13.7. The minimum absolute atomic E-state index is 0.0452. The molecule has 114 valence electrons. The summed E-state index contributed by atoms with van der Waals surface area (Å²) in [5.74, 6) is 2.12. The third kappa shape index (κ3) is 3.23. The van der Waals surface area contributed by atoms with E-state index in [2.05, 4.69) is 51.0 Å². The highest BCUT2D eigenvalue weighted by molar-refractivity contribution is 7.15. The van der Waals surface area contributed by atoms with Gasteiger partial charge in [-0.3, -0.25) is 0 Å². The molecule has 1 aliphatic heterocycles. The Hall–Kier alpha value is -1.50. The van der Waals surface area contributed by atoms with Crippen molar-refractivity contribution in [2.75, 3.05) is 5.32 Å². The Bertz CT molecular complexity index is 609. The summed E-state index contributed by atoms with van der Waals surface area (Å²) >= 11 is 1.61. The van der Waals surface area contributed by atoms with Gasteiger partial charge in [0.1, 0.15) is 10.8 Å². The number of nitrogens with one attached hydrogen (secondary N) is 1. The zero-order chi connectivity index (χ0) is 14.9. The fourth-order valence-corrected chi connectivity index (χ4v) is 3.23. The van der Waals surface area contributed by atoms with Crippen LogP contribution in [-0.4, -0.2) is 25.0 Å². The molecule has 7 heteroatoms. The van der Waals surface area contributed by atoms with E-state index in [1.54, 1.807) is 11.3 Å². The van der Waals surface area contributed by atoms with Crippen molar-refractivity contribution in [2.24, 2.45) is 0 Å². The van der Waals surface area contributed by atoms with Crippen molar-refractivity contribution in [1.29, 1.82) is 0 Å². The van der Waals surface area contributed by atoms with Gasteiger partial charge in [0.25, 0.3) is 0 Å². The highest BCUT2D eigenvalue weighted by Crippen LogP contribution is 2.27. The maximum absolute atomic E-state index is 4.32. The predicted molar refractivity (Wildman–Crippen MR) is 83.5 cm³/mol. The Morgan fingerprint density at radius 2 is 1.95 bits per heavy atom. The van der Waals surface area contributed by atoms with Gasteiger partial charge in [-0.15, -0.1) is 20.4 Å². The van der Waals surface area contributed by atoms with E-state index >= 15 is 0 Å². The Kier molecular flexibility index (Phi) is 3.93. The lowest BCUT2D eigenvalue weighted by molar-refractivity contribution is 0.578. The molecule has 2 aromatic rings. The lowest BCUT2D eigenvalue weighted by atomic mass is 9.98. The van der Waals surface area contributed by atoms with Crippen molar-refractivity contribution >= 4 is 16.5 Å². The number of rotatable bonds is 3. The van der Waals surface area contributed by atoms with Crippen LogP contribution >= 0.6 is 11.3 Å². The SMILES string of the molecule is CC(C)(C)c1nnc(NCc2nnc3n2CCCCC3)s1. The van der Waals surface area contributed by atoms with Crippen molar-refractivity contribution in [3.8, 4) is 0 Å². The normalized spacial score (nSPS) is 15.6. The van der Waals surface area contributed by atoms with E-state index in [1.165, 1.54) is 19.3 Å². The fraction of sp³-hybridized carbons (Fsp3) is 0.714. The molecule has 6 nitrogen and oxygen atoms in total. The van der Waals surface area contributed by atoms with Crippen molar-refractivity contribution in [1.82, 2.24) is 25.0 Å². The minimum Gasteiger partial charge on any atom is -0.353 e. The summed E-state index contributed by atoms with van der Waals surface area (Å²) in [7, 11) is 0. The van der Waals surface area contributed by atoms with Gasteiger partial charge in [-0.1, -0.05) is 38.5 Å². The van der Waals surface area contributed by atoms with Crippen molar-refractivity contribution < 1.29 is 0 Å². The van der Waals surface area contributed by atoms with Crippen LogP contribution in [-0.2, 0) is 24.9 Å². The molecule has 0 fully saturated rings. The van der Waals surface area contributed by atoms with Crippen molar-refractivity contribution in [3.63, 3.8) is 0 Å². The molecule has 0 unspecified atom stereocenters. The lowest BCUT2D eigenvalue weighted by Gasteiger charge is -2.12. The molecule has 0 radical (unpaired) electrons. The molecule has 0 aliphatic carbocycles. The first-order valence-corrected chi connectivity index (χ1v) is 8.34. The third-order valence-electron chi connectivity index (χ3n) is 3.65. The van der Waals surface area contributed by atoms with E-state index in [0.717, 1.165) is 34.8 Å². The van der Waals surface area contributed by atoms with Crippen LogP contribution in [0.5, 0.6) is 0 Å². The van der Waals surface area contributed by atoms with Gasteiger partial charge in [0.15, 0.2) is 5.82 Å². The topological polar surface area (TPSA) is 68.5 Å². The number of fused-ring (bicyclic) bond motifs is 1. The van der Waals surface area contributed by atoms with E-state index in [1.807, 2.05) is 0 Å². The second-order valence-corrected chi connectivity index (χ2v) is 7.49. The van der Waals surface area contributed by atoms with Crippen LogP contribution in [0.4, 0.5) is 5.13 Å². The van der Waals surface area contributed by atoms with Crippen molar-refractivity contribution in [3.05, 3.63) is 16.7 Å². The Balaban J connectivity index is 1.68. The number of aryl methyl sites for hydroxylation is 1. The number of nitrogens with zero attached hydrogens (tertiary/aromatic N) is 5. The quantitative estimate of drug-likeness (QED) is 0.944. The van der Waals surface area contributed by atoms with Gasteiger partial charge in [0.05, 0.1) is 6.54 Å². The molecule has 3 rings (SSSR count). The molecule has 0 saturated carbocycles. The van der Waals surface area contributed by atoms with Crippen molar-refractivity contribution in [2.45, 2.75) is 65.0 Å². The molecule has 0 amide bonds. The maximum atomic E-state index is 4.32. The highest BCUT2D eigenvalue weighted by Gasteiger charge is 2.20. The van der Waals surface area contributed by atoms with E-state index in [-0.39, 0.29) is 5.41 Å². The molecule has 0 spiro atoms. The number of hydrogen-bond acceptors (Lipinski definition) is 6. The van der Waals surface area contributed by atoms with Crippen LogP contribution in [0, 0.1) is 0 Å². The number of anilines is 1. The maximum Gasteiger partial charge on any atom is 0.206 e. The lowest BCUT2D eigenvalue weighted by Crippen LogP contribution is -2.10. The van der Waals surface area contributed by atoms with E-state index in [4.69, 9.17) is 0 Å². The van der Waals surface area contributed by atoms with Crippen LogP contribution in [0.2, 0.25) is 0 Å². The molecule has 1 aliphatic rings. The van der Waals surface area contributed by atoms with Gasteiger partial charge in [-0.25, -0.2) is 0 Å². The third-order valence-corrected chi connectivity index (χ3v) is 4.96. The molecule has 2 aromatic heterocycles. The van der Waals surface area contributed by atoms with Crippen LogP contribution in [0.1, 0.15) is 56.7 Å². The summed E-state index contributed by atoms with van der Waals surface area (Å²) in [6.07, 6.45) is 4.75. The van der Waals surface area contributed by atoms with E-state index in [9.17, 15) is 0 Å². The van der Waals surface area contributed by atoms with Gasteiger partial charge in [0.2, 0.25) is 5.13 Å². The molecule has 0 atom stereocenters. The summed E-state index contributed by atoms with van der Waals surface area (Å²) in [6, 6.07) is 0. The van der Waals surface area contributed by atoms with Gasteiger partial charge in [-0.05, 0) is 12.8 Å². The molecular weight excluding hydrogens is 284 g/mol. The van der Waals surface area contributed by atoms with Gasteiger partial charge >= 0.3 is 0 Å². The van der Waals surface area contributed by atoms with Crippen LogP contribution in [0.15, 0.2) is 0 Å². The smallest absolute Gasteiger partial charge is 0.206 e. The van der Waals surface area contributed by atoms with Crippen LogP contribution in [0.3, 0.4) is 0 Å². The highest BCUT2D eigenvalue weighted by atomic mass is 32.1. The van der Waals surface area contributed by atoms with Gasteiger partial charge in [0, 0.05) is 18.4 Å². The minimum atomic E-state index is 0.0452. The molecule has 3 heterocycles. The molecule has 0 bridgehead atoms. The summed E-state index contributed by atoms with van der Waals surface area (Å²) in [5.41, 5.74) is 0.0452.